The lowest BCUT2D eigenvalue weighted by atomic mass is 10.1. The molecule has 1 amide bonds. The highest BCUT2D eigenvalue weighted by Gasteiger charge is 2.31. The standard InChI is InChI=1S/C22H32F3N5O.HI/c1-3-26-21(27-16-18-6-8-19(9-7-18)22(23,24)25)30-14-12-28(13-15-30)17(2)20(31)29-10-4-5-11-29;/h6-9,17H,3-5,10-16H2,1-2H3,(H,26,27);1H. The van der Waals surface area contributed by atoms with Crippen LogP contribution >= 0.6 is 24.0 Å². The van der Waals surface area contributed by atoms with Gasteiger partial charge in [-0.3, -0.25) is 9.69 Å². The van der Waals surface area contributed by atoms with Gasteiger partial charge in [-0.1, -0.05) is 12.1 Å². The lowest BCUT2D eigenvalue weighted by molar-refractivity contribution is -0.137. The van der Waals surface area contributed by atoms with Crippen molar-refractivity contribution < 1.29 is 18.0 Å². The average molecular weight is 567 g/mol. The third-order valence-electron chi connectivity index (χ3n) is 5.96. The van der Waals surface area contributed by atoms with E-state index in [2.05, 4.69) is 20.1 Å². The Labute approximate surface area is 205 Å². The van der Waals surface area contributed by atoms with Crippen LogP contribution in [0.3, 0.4) is 0 Å². The summed E-state index contributed by atoms with van der Waals surface area (Å²) >= 11 is 0. The molecule has 10 heteroatoms. The minimum absolute atomic E-state index is 0. The van der Waals surface area contributed by atoms with E-state index < -0.39 is 11.7 Å². The fraction of sp³-hybridized carbons (Fsp3) is 0.636. The third kappa shape index (κ3) is 6.97. The Morgan fingerprint density at radius 2 is 1.62 bits per heavy atom. The average Bonchev–Trinajstić information content (AvgIpc) is 3.30. The Hall–Kier alpha value is -1.56. The van der Waals surface area contributed by atoms with Crippen molar-refractivity contribution in [2.45, 2.75) is 45.5 Å². The monoisotopic (exact) mass is 567 g/mol. The summed E-state index contributed by atoms with van der Waals surface area (Å²) < 4.78 is 38.2. The van der Waals surface area contributed by atoms with E-state index in [0.717, 1.165) is 75.8 Å². The Morgan fingerprint density at radius 3 is 2.16 bits per heavy atom. The highest BCUT2D eigenvalue weighted by atomic mass is 127. The van der Waals surface area contributed by atoms with Crippen molar-refractivity contribution in [3.8, 4) is 0 Å². The lowest BCUT2D eigenvalue weighted by Crippen LogP contribution is -2.57. The molecule has 180 valence electrons. The number of nitrogens with one attached hydrogen (secondary N) is 1. The zero-order valence-corrected chi connectivity index (χ0v) is 21.0. The number of hydrogen-bond acceptors (Lipinski definition) is 3. The maximum atomic E-state index is 12.7. The first-order valence-electron chi connectivity index (χ1n) is 11.0. The van der Waals surface area contributed by atoms with Crippen molar-refractivity contribution in [3.63, 3.8) is 0 Å². The number of guanidine groups is 1. The first kappa shape index (κ1) is 26.7. The summed E-state index contributed by atoms with van der Waals surface area (Å²) in [6.07, 6.45) is -2.15. The molecule has 1 atom stereocenters. The van der Waals surface area contributed by atoms with Crippen molar-refractivity contribution in [3.05, 3.63) is 35.4 Å². The maximum Gasteiger partial charge on any atom is 0.416 e. The number of nitrogens with zero attached hydrogens (tertiary/aromatic N) is 4. The van der Waals surface area contributed by atoms with Crippen LogP contribution < -0.4 is 5.32 Å². The number of hydrogen-bond donors (Lipinski definition) is 1. The molecule has 0 saturated carbocycles. The Bertz CT molecular complexity index is 758. The molecule has 1 aromatic carbocycles. The molecule has 0 aliphatic carbocycles. The van der Waals surface area contributed by atoms with Crippen LogP contribution in [0.2, 0.25) is 0 Å². The first-order chi connectivity index (χ1) is 14.8. The summed E-state index contributed by atoms with van der Waals surface area (Å²) in [6, 6.07) is 5.01. The summed E-state index contributed by atoms with van der Waals surface area (Å²) in [5.41, 5.74) is 0.0766. The highest BCUT2D eigenvalue weighted by Crippen LogP contribution is 2.29. The number of amides is 1. The van der Waals surface area contributed by atoms with Gasteiger partial charge in [0.05, 0.1) is 18.2 Å². The smallest absolute Gasteiger partial charge is 0.357 e. The van der Waals surface area contributed by atoms with Crippen molar-refractivity contribution in [2.24, 2.45) is 4.99 Å². The van der Waals surface area contributed by atoms with Gasteiger partial charge in [-0.15, -0.1) is 24.0 Å². The second-order valence-electron chi connectivity index (χ2n) is 8.10. The van der Waals surface area contributed by atoms with Gasteiger partial charge in [0.25, 0.3) is 0 Å². The van der Waals surface area contributed by atoms with Gasteiger partial charge in [0.1, 0.15) is 0 Å². The number of likely N-dealkylation sites (tertiary alicyclic amines) is 1. The molecule has 0 aromatic heterocycles. The highest BCUT2D eigenvalue weighted by molar-refractivity contribution is 14.0. The Morgan fingerprint density at radius 1 is 1.03 bits per heavy atom. The number of benzene rings is 1. The fourth-order valence-corrected chi connectivity index (χ4v) is 4.07. The molecule has 6 nitrogen and oxygen atoms in total. The van der Waals surface area contributed by atoms with Crippen molar-refractivity contribution in [1.82, 2.24) is 20.0 Å². The molecule has 2 aliphatic rings. The summed E-state index contributed by atoms with van der Waals surface area (Å²) in [6.45, 7) is 9.75. The van der Waals surface area contributed by atoms with E-state index in [0.29, 0.717) is 13.1 Å². The van der Waals surface area contributed by atoms with Crippen LogP contribution in [-0.4, -0.2) is 78.4 Å². The van der Waals surface area contributed by atoms with E-state index in [4.69, 9.17) is 0 Å². The molecule has 2 heterocycles. The molecule has 2 saturated heterocycles. The number of carbonyl (C=O) groups excluding carboxylic acids is 1. The van der Waals surface area contributed by atoms with Crippen molar-refractivity contribution in [2.75, 3.05) is 45.8 Å². The van der Waals surface area contributed by atoms with Crippen LogP contribution in [0.15, 0.2) is 29.3 Å². The number of carbonyl (C=O) groups is 1. The number of rotatable bonds is 5. The van der Waals surface area contributed by atoms with Crippen LogP contribution in [0.4, 0.5) is 13.2 Å². The molecule has 3 rings (SSSR count). The number of alkyl halides is 3. The zero-order valence-electron chi connectivity index (χ0n) is 18.7. The minimum Gasteiger partial charge on any atom is -0.357 e. The molecule has 0 radical (unpaired) electrons. The second kappa shape index (κ2) is 12.1. The Balaban J connectivity index is 0.00000363. The topological polar surface area (TPSA) is 51.2 Å². The lowest BCUT2D eigenvalue weighted by Gasteiger charge is -2.39. The minimum atomic E-state index is -4.33. The van der Waals surface area contributed by atoms with E-state index in [9.17, 15) is 18.0 Å². The molecular weight excluding hydrogens is 534 g/mol. The van der Waals surface area contributed by atoms with Crippen LogP contribution in [0.25, 0.3) is 0 Å². The molecule has 0 spiro atoms. The van der Waals surface area contributed by atoms with Gasteiger partial charge >= 0.3 is 6.18 Å². The number of halogens is 4. The van der Waals surface area contributed by atoms with E-state index in [1.807, 2.05) is 18.7 Å². The van der Waals surface area contributed by atoms with E-state index >= 15 is 0 Å². The molecule has 32 heavy (non-hydrogen) atoms. The largest absolute Gasteiger partial charge is 0.416 e. The number of aliphatic imine (C=N–C) groups is 1. The van der Waals surface area contributed by atoms with Crippen LogP contribution in [0.5, 0.6) is 0 Å². The molecule has 1 aromatic rings. The van der Waals surface area contributed by atoms with Gasteiger partial charge in [-0.2, -0.15) is 13.2 Å². The normalized spacial score (nSPS) is 19.0. The summed E-state index contributed by atoms with van der Waals surface area (Å²) in [5, 5.41) is 3.27. The number of piperazine rings is 1. The fourth-order valence-electron chi connectivity index (χ4n) is 4.07. The van der Waals surface area contributed by atoms with Crippen LogP contribution in [0, 0.1) is 0 Å². The van der Waals surface area contributed by atoms with Gasteiger partial charge in [-0.05, 0) is 44.4 Å². The quantitative estimate of drug-likeness (QED) is 0.337. The summed E-state index contributed by atoms with van der Waals surface area (Å²) in [7, 11) is 0. The summed E-state index contributed by atoms with van der Waals surface area (Å²) in [5.74, 6) is 0.967. The van der Waals surface area contributed by atoms with E-state index in [1.165, 1.54) is 12.1 Å². The predicted octanol–water partition coefficient (Wildman–Crippen LogP) is 3.42. The third-order valence-corrected chi connectivity index (χ3v) is 5.96. The predicted molar refractivity (Wildman–Crippen MR) is 130 cm³/mol. The molecule has 2 aliphatic heterocycles. The van der Waals surface area contributed by atoms with Gasteiger partial charge in [0.2, 0.25) is 5.91 Å². The van der Waals surface area contributed by atoms with Gasteiger partial charge in [-0.25, -0.2) is 4.99 Å². The maximum absolute atomic E-state index is 12.7. The zero-order chi connectivity index (χ0) is 22.4. The Kier molecular flexibility index (Phi) is 10.1. The van der Waals surface area contributed by atoms with E-state index in [1.54, 1.807) is 0 Å². The SMILES string of the molecule is CCNC(=NCc1ccc(C(F)(F)F)cc1)N1CCN(C(C)C(=O)N2CCCC2)CC1.I. The van der Waals surface area contributed by atoms with Gasteiger partial charge < -0.3 is 15.1 Å². The van der Waals surface area contributed by atoms with Crippen molar-refractivity contribution in [1.29, 1.82) is 0 Å². The molecule has 0 bridgehead atoms. The van der Waals surface area contributed by atoms with Gasteiger partial charge in [0, 0.05) is 45.8 Å². The molecule has 1 unspecified atom stereocenters. The molecule has 2 fully saturated rings. The van der Waals surface area contributed by atoms with Gasteiger partial charge in [0.15, 0.2) is 5.96 Å². The van der Waals surface area contributed by atoms with Crippen molar-refractivity contribution >= 4 is 35.8 Å². The summed E-state index contributed by atoms with van der Waals surface area (Å²) in [4.78, 5) is 23.6. The van der Waals surface area contributed by atoms with E-state index in [-0.39, 0.29) is 35.9 Å². The molecular formula is C22H33F3IN5O. The molecule has 1 N–H and O–H groups in total. The van der Waals surface area contributed by atoms with Crippen LogP contribution in [-0.2, 0) is 17.5 Å². The first-order valence-corrected chi connectivity index (χ1v) is 11.0. The van der Waals surface area contributed by atoms with Crippen LogP contribution in [0.1, 0.15) is 37.8 Å². The second-order valence-corrected chi connectivity index (χ2v) is 8.10.